The summed E-state index contributed by atoms with van der Waals surface area (Å²) in [5.41, 5.74) is 2.55. The summed E-state index contributed by atoms with van der Waals surface area (Å²) in [5, 5.41) is 8.64. The molecule has 0 aliphatic heterocycles. The molecule has 0 atom stereocenters. The fraction of sp³-hybridized carbons (Fsp3) is 0.286. The molecule has 2 heterocycles. The molecule has 0 saturated heterocycles. The summed E-state index contributed by atoms with van der Waals surface area (Å²) in [6, 6.07) is 7.70. The number of hydrogen-bond donors (Lipinski definition) is 1. The number of carboxylic acid groups (broad SMARTS) is 1. The molecule has 2 rings (SSSR count). The Morgan fingerprint density at radius 2 is 2.06 bits per heavy atom. The summed E-state index contributed by atoms with van der Waals surface area (Å²) in [6.07, 6.45) is 2.52. The van der Waals surface area contributed by atoms with Crippen LogP contribution in [0.2, 0.25) is 0 Å². The highest BCUT2D eigenvalue weighted by Gasteiger charge is 2.16. The molecular weight excluding hydrogens is 230 g/mol. The zero-order chi connectivity index (χ0) is 13.1. The van der Waals surface area contributed by atoms with E-state index in [1.807, 2.05) is 41.8 Å². The van der Waals surface area contributed by atoms with Crippen LogP contribution in [0, 0.1) is 0 Å². The third-order valence-corrected chi connectivity index (χ3v) is 2.97. The molecule has 0 aliphatic carbocycles. The van der Waals surface area contributed by atoms with E-state index in [1.165, 1.54) is 0 Å². The van der Waals surface area contributed by atoms with Gasteiger partial charge in [-0.05, 0) is 30.2 Å². The molecule has 0 bridgehead atoms. The fourth-order valence-corrected chi connectivity index (χ4v) is 2.10. The number of Topliss-reactive ketones (excluding diaryl/α,β-unsaturated/α-hetero) is 1. The van der Waals surface area contributed by atoms with Crippen LogP contribution in [0.15, 0.2) is 30.5 Å². The summed E-state index contributed by atoms with van der Waals surface area (Å²) in [5.74, 6) is -1.05. The third-order valence-electron chi connectivity index (χ3n) is 2.97. The zero-order valence-corrected chi connectivity index (χ0v) is 10.2. The lowest BCUT2D eigenvalue weighted by Gasteiger charge is -2.03. The van der Waals surface area contributed by atoms with Gasteiger partial charge in [-0.3, -0.25) is 9.59 Å². The molecule has 0 aromatic carbocycles. The molecule has 0 saturated carbocycles. The van der Waals surface area contributed by atoms with Gasteiger partial charge >= 0.3 is 5.97 Å². The van der Waals surface area contributed by atoms with Gasteiger partial charge in [0, 0.05) is 18.1 Å². The lowest BCUT2D eigenvalue weighted by Crippen LogP contribution is -2.08. The van der Waals surface area contributed by atoms with E-state index in [-0.39, 0.29) is 18.6 Å². The van der Waals surface area contributed by atoms with Crippen molar-refractivity contribution in [2.24, 2.45) is 0 Å². The van der Waals surface area contributed by atoms with Crippen LogP contribution in [0.4, 0.5) is 0 Å². The van der Waals surface area contributed by atoms with E-state index in [4.69, 9.17) is 5.11 Å². The molecule has 2 aromatic heterocycles. The largest absolute Gasteiger partial charge is 0.481 e. The van der Waals surface area contributed by atoms with Gasteiger partial charge in [-0.1, -0.05) is 13.0 Å². The van der Waals surface area contributed by atoms with Crippen LogP contribution in [-0.4, -0.2) is 21.3 Å². The van der Waals surface area contributed by atoms with Crippen molar-refractivity contribution in [3.63, 3.8) is 0 Å². The van der Waals surface area contributed by atoms with Crippen molar-refractivity contribution in [2.75, 3.05) is 0 Å². The second-order valence-electron chi connectivity index (χ2n) is 4.18. The Bertz CT molecular complexity index is 598. The van der Waals surface area contributed by atoms with E-state index in [1.54, 1.807) is 0 Å². The Morgan fingerprint density at radius 1 is 1.28 bits per heavy atom. The summed E-state index contributed by atoms with van der Waals surface area (Å²) >= 11 is 0. The van der Waals surface area contributed by atoms with Gasteiger partial charge in [0.15, 0.2) is 5.78 Å². The highest BCUT2D eigenvalue weighted by Crippen LogP contribution is 2.19. The Morgan fingerprint density at radius 3 is 2.72 bits per heavy atom. The smallest absolute Gasteiger partial charge is 0.303 e. The van der Waals surface area contributed by atoms with Crippen molar-refractivity contribution in [1.29, 1.82) is 0 Å². The number of carbonyl (C=O) groups is 2. The van der Waals surface area contributed by atoms with E-state index in [9.17, 15) is 9.59 Å². The molecule has 18 heavy (non-hydrogen) atoms. The Labute approximate surface area is 105 Å². The highest BCUT2D eigenvalue weighted by atomic mass is 16.4. The predicted molar refractivity (Wildman–Crippen MR) is 68.0 cm³/mol. The van der Waals surface area contributed by atoms with Crippen molar-refractivity contribution in [2.45, 2.75) is 26.2 Å². The second kappa shape index (κ2) is 5.04. The van der Waals surface area contributed by atoms with Gasteiger partial charge in [0.1, 0.15) is 0 Å². The maximum atomic E-state index is 12.1. The molecule has 0 unspecified atom stereocenters. The topological polar surface area (TPSA) is 58.8 Å². The minimum absolute atomic E-state index is 0.0450. The molecule has 2 aromatic rings. The van der Waals surface area contributed by atoms with Crippen LogP contribution in [0.25, 0.3) is 5.52 Å². The standard InChI is InChI=1S/C14H15NO3/c1-2-10-9-11-5-3-4-8-15(11)14(10)12(16)6-7-13(17)18/h3-5,8-9H,2,6-7H2,1H3,(H,17,18). The van der Waals surface area contributed by atoms with E-state index >= 15 is 0 Å². The number of rotatable bonds is 5. The van der Waals surface area contributed by atoms with Gasteiger partial charge in [0.25, 0.3) is 0 Å². The van der Waals surface area contributed by atoms with Crippen LogP contribution < -0.4 is 0 Å². The summed E-state index contributed by atoms with van der Waals surface area (Å²) in [6.45, 7) is 1.99. The Hall–Kier alpha value is -2.10. The molecule has 4 heteroatoms. The Kier molecular flexibility index (Phi) is 3.46. The van der Waals surface area contributed by atoms with Crippen LogP contribution in [0.1, 0.15) is 35.8 Å². The lowest BCUT2D eigenvalue weighted by molar-refractivity contribution is -0.136. The zero-order valence-electron chi connectivity index (χ0n) is 10.2. The number of hydrogen-bond acceptors (Lipinski definition) is 2. The van der Waals surface area contributed by atoms with Gasteiger partial charge in [-0.25, -0.2) is 0 Å². The SMILES string of the molecule is CCc1cc2ccccn2c1C(=O)CCC(=O)O. The van der Waals surface area contributed by atoms with E-state index in [0.717, 1.165) is 17.5 Å². The first-order valence-corrected chi connectivity index (χ1v) is 5.97. The molecular formula is C14H15NO3. The number of ketones is 1. The first-order chi connectivity index (χ1) is 8.63. The van der Waals surface area contributed by atoms with Gasteiger partial charge < -0.3 is 9.51 Å². The maximum Gasteiger partial charge on any atom is 0.303 e. The second-order valence-corrected chi connectivity index (χ2v) is 4.18. The Balaban J connectivity index is 2.41. The quantitative estimate of drug-likeness (QED) is 0.823. The van der Waals surface area contributed by atoms with Crippen molar-refractivity contribution in [3.8, 4) is 0 Å². The summed E-state index contributed by atoms with van der Waals surface area (Å²) in [4.78, 5) is 22.7. The molecule has 1 N–H and O–H groups in total. The number of nitrogens with zero attached hydrogens (tertiary/aromatic N) is 1. The van der Waals surface area contributed by atoms with Crippen LogP contribution >= 0.6 is 0 Å². The van der Waals surface area contributed by atoms with Crippen molar-refractivity contribution >= 4 is 17.3 Å². The first-order valence-electron chi connectivity index (χ1n) is 5.97. The number of carboxylic acids is 1. The van der Waals surface area contributed by atoms with Crippen LogP contribution in [-0.2, 0) is 11.2 Å². The molecule has 0 amide bonds. The number of aryl methyl sites for hydroxylation is 1. The number of aliphatic carboxylic acids is 1. The van der Waals surface area contributed by atoms with Crippen molar-refractivity contribution < 1.29 is 14.7 Å². The minimum Gasteiger partial charge on any atom is -0.481 e. The highest BCUT2D eigenvalue weighted by molar-refractivity contribution is 5.98. The molecule has 0 fully saturated rings. The van der Waals surface area contributed by atoms with E-state index in [0.29, 0.717) is 5.69 Å². The fourth-order valence-electron chi connectivity index (χ4n) is 2.10. The number of pyridine rings is 1. The lowest BCUT2D eigenvalue weighted by atomic mass is 10.1. The molecule has 94 valence electrons. The van der Waals surface area contributed by atoms with Gasteiger partial charge in [0.05, 0.1) is 12.1 Å². The average molecular weight is 245 g/mol. The van der Waals surface area contributed by atoms with Gasteiger partial charge in [-0.2, -0.15) is 0 Å². The summed E-state index contributed by atoms with van der Waals surface area (Å²) < 4.78 is 1.84. The monoisotopic (exact) mass is 245 g/mol. The first kappa shape index (κ1) is 12.4. The number of carbonyl (C=O) groups excluding carboxylic acids is 1. The summed E-state index contributed by atoms with van der Waals surface area (Å²) in [7, 11) is 0. The van der Waals surface area contributed by atoms with Gasteiger partial charge in [0.2, 0.25) is 0 Å². The molecule has 4 nitrogen and oxygen atoms in total. The number of fused-ring (bicyclic) bond motifs is 1. The van der Waals surface area contributed by atoms with Crippen LogP contribution in [0.5, 0.6) is 0 Å². The minimum atomic E-state index is -0.942. The maximum absolute atomic E-state index is 12.1. The number of aromatic nitrogens is 1. The molecule has 0 radical (unpaired) electrons. The van der Waals surface area contributed by atoms with Gasteiger partial charge in [-0.15, -0.1) is 0 Å². The van der Waals surface area contributed by atoms with Crippen molar-refractivity contribution in [3.05, 3.63) is 41.7 Å². The third kappa shape index (κ3) is 2.27. The van der Waals surface area contributed by atoms with Crippen molar-refractivity contribution in [1.82, 2.24) is 4.40 Å². The molecule has 0 spiro atoms. The molecule has 0 aliphatic rings. The predicted octanol–water partition coefficient (Wildman–Crippen LogP) is 2.55. The van der Waals surface area contributed by atoms with E-state index < -0.39 is 5.97 Å². The normalized spacial score (nSPS) is 10.7. The average Bonchev–Trinajstić information content (AvgIpc) is 2.74. The van der Waals surface area contributed by atoms with Crippen LogP contribution in [0.3, 0.4) is 0 Å². The van der Waals surface area contributed by atoms with E-state index in [2.05, 4.69) is 0 Å².